The highest BCUT2D eigenvalue weighted by Crippen LogP contribution is 2.38. The van der Waals surface area contributed by atoms with Gasteiger partial charge in [-0.15, -0.1) is 0 Å². The molecule has 0 atom stereocenters. The van der Waals surface area contributed by atoms with E-state index in [0.29, 0.717) is 10.7 Å². The minimum atomic E-state index is -0.915. The minimum Gasteiger partial charge on any atom is -0.295 e. The van der Waals surface area contributed by atoms with Gasteiger partial charge in [0.25, 0.3) is 11.5 Å². The van der Waals surface area contributed by atoms with Crippen molar-refractivity contribution in [2.24, 2.45) is 0 Å². The van der Waals surface area contributed by atoms with Gasteiger partial charge in [0.1, 0.15) is 22.6 Å². The molecule has 1 aromatic carbocycles. The van der Waals surface area contributed by atoms with E-state index in [0.717, 1.165) is 0 Å². The van der Waals surface area contributed by atoms with E-state index in [-0.39, 0.29) is 22.5 Å². The molecule has 0 unspecified atom stereocenters. The second kappa shape index (κ2) is 4.47. The summed E-state index contributed by atoms with van der Waals surface area (Å²) in [6.07, 6.45) is 1.48. The van der Waals surface area contributed by atoms with Gasteiger partial charge in [0.05, 0.1) is 9.95 Å². The third-order valence-electron chi connectivity index (χ3n) is 3.73. The molecule has 3 aromatic rings. The average Bonchev–Trinajstić information content (AvgIpc) is 2.90. The van der Waals surface area contributed by atoms with Crippen molar-refractivity contribution in [3.63, 3.8) is 0 Å². The number of rotatable bonds is 1. The predicted octanol–water partition coefficient (Wildman–Crippen LogP) is 2.94. The number of aromatic nitrogens is 2. The van der Waals surface area contributed by atoms with Crippen molar-refractivity contribution in [1.82, 2.24) is 9.38 Å². The molecular weight excluding hydrogens is 322 g/mol. The quantitative estimate of drug-likeness (QED) is 0.389. The Balaban J connectivity index is 2.16. The van der Waals surface area contributed by atoms with Crippen LogP contribution >= 0.6 is 11.6 Å². The maximum absolute atomic E-state index is 12.5. The number of imidazole rings is 1. The summed E-state index contributed by atoms with van der Waals surface area (Å²) in [5.41, 5.74) is 0.403. The van der Waals surface area contributed by atoms with E-state index >= 15 is 0 Å². The summed E-state index contributed by atoms with van der Waals surface area (Å²) >= 11 is 5.94. The van der Waals surface area contributed by atoms with Crippen LogP contribution in [0.5, 0.6) is 0 Å². The number of pyridine rings is 1. The first-order valence-electron chi connectivity index (χ1n) is 6.53. The summed E-state index contributed by atoms with van der Waals surface area (Å²) in [7, 11) is 0. The molecule has 8 heteroatoms. The maximum Gasteiger partial charge on any atom is 0.281 e. The van der Waals surface area contributed by atoms with E-state index in [1.165, 1.54) is 22.7 Å². The lowest BCUT2D eigenvalue weighted by Crippen LogP contribution is -2.23. The molecule has 0 bridgehead atoms. The molecule has 0 fully saturated rings. The molecule has 0 saturated heterocycles. The Morgan fingerprint density at radius 3 is 2.65 bits per heavy atom. The Morgan fingerprint density at radius 1 is 1.13 bits per heavy atom. The van der Waals surface area contributed by atoms with Gasteiger partial charge in [0.15, 0.2) is 0 Å². The molecule has 0 saturated carbocycles. The monoisotopic (exact) mass is 327 g/mol. The largest absolute Gasteiger partial charge is 0.295 e. The van der Waals surface area contributed by atoms with Crippen molar-refractivity contribution in [3.8, 4) is 11.3 Å². The van der Waals surface area contributed by atoms with Gasteiger partial charge >= 0.3 is 0 Å². The van der Waals surface area contributed by atoms with Crippen LogP contribution in [0.2, 0.25) is 5.02 Å². The molecule has 0 radical (unpaired) electrons. The summed E-state index contributed by atoms with van der Waals surface area (Å²) in [6.45, 7) is 0. The number of Topliss-reactive ketones (excluding diaryl/α,β-unsaturated/α-hetero) is 2. The number of hydrogen-bond donors (Lipinski definition) is 0. The molecule has 0 aliphatic heterocycles. The van der Waals surface area contributed by atoms with Gasteiger partial charge in [-0.2, -0.15) is 0 Å². The highest BCUT2D eigenvalue weighted by atomic mass is 35.5. The number of carbonyl (C=O) groups is 2. The second-order valence-corrected chi connectivity index (χ2v) is 5.44. The molecule has 112 valence electrons. The fraction of sp³-hybridized carbons (Fsp3) is 0. The third-order valence-corrected chi connectivity index (χ3v) is 3.95. The second-order valence-electron chi connectivity index (χ2n) is 5.00. The fourth-order valence-electron chi connectivity index (χ4n) is 2.77. The van der Waals surface area contributed by atoms with Gasteiger partial charge < -0.3 is 0 Å². The molecule has 2 heterocycles. The Kier molecular flexibility index (Phi) is 2.64. The van der Waals surface area contributed by atoms with Crippen LogP contribution in [0.15, 0.2) is 36.5 Å². The van der Waals surface area contributed by atoms with E-state index < -0.39 is 22.2 Å². The number of nitro groups is 1. The number of hydrogen-bond acceptors (Lipinski definition) is 5. The molecule has 2 aromatic heterocycles. The van der Waals surface area contributed by atoms with Crippen molar-refractivity contribution in [3.05, 3.63) is 62.9 Å². The maximum atomic E-state index is 12.5. The smallest absolute Gasteiger partial charge is 0.281 e. The Morgan fingerprint density at radius 2 is 1.91 bits per heavy atom. The van der Waals surface area contributed by atoms with Crippen LogP contribution in [0, 0.1) is 10.1 Å². The number of nitrogens with zero attached hydrogens (tertiary/aromatic N) is 3. The van der Waals surface area contributed by atoms with Crippen LogP contribution in [0.3, 0.4) is 0 Å². The molecule has 4 rings (SSSR count). The van der Waals surface area contributed by atoms with Gasteiger partial charge in [0, 0.05) is 17.8 Å². The molecular formula is C15H6ClN3O4. The zero-order chi connectivity index (χ0) is 16.3. The van der Waals surface area contributed by atoms with Crippen molar-refractivity contribution < 1.29 is 14.5 Å². The highest BCUT2D eigenvalue weighted by molar-refractivity contribution is 6.53. The van der Waals surface area contributed by atoms with Gasteiger partial charge in [0.2, 0.25) is 5.78 Å². The number of carbonyl (C=O) groups excluding carboxylic acids is 2. The summed E-state index contributed by atoms with van der Waals surface area (Å²) in [4.78, 5) is 39.7. The van der Waals surface area contributed by atoms with Crippen LogP contribution in [0.25, 0.3) is 16.9 Å². The van der Waals surface area contributed by atoms with Crippen molar-refractivity contribution in [1.29, 1.82) is 0 Å². The number of nitro benzene ring substituents is 1. The molecule has 0 spiro atoms. The van der Waals surface area contributed by atoms with E-state index in [1.54, 1.807) is 18.2 Å². The third kappa shape index (κ3) is 1.74. The molecule has 1 aliphatic carbocycles. The van der Waals surface area contributed by atoms with Crippen LogP contribution in [0.4, 0.5) is 5.69 Å². The van der Waals surface area contributed by atoms with E-state index in [4.69, 9.17) is 11.6 Å². The molecule has 1 aliphatic rings. The normalized spacial score (nSPS) is 13.1. The summed E-state index contributed by atoms with van der Waals surface area (Å²) < 4.78 is 1.43. The Labute approximate surface area is 133 Å². The van der Waals surface area contributed by atoms with E-state index in [1.807, 2.05) is 0 Å². The Bertz CT molecular complexity index is 1050. The van der Waals surface area contributed by atoms with Crippen LogP contribution in [-0.4, -0.2) is 25.9 Å². The van der Waals surface area contributed by atoms with Crippen LogP contribution in [0.1, 0.15) is 20.8 Å². The topological polar surface area (TPSA) is 94.6 Å². The van der Waals surface area contributed by atoms with Gasteiger partial charge in [-0.25, -0.2) is 4.98 Å². The average molecular weight is 328 g/mol. The SMILES string of the molecule is O=C1C(=O)c2c(nc3ccc(Cl)cn23)-c2cccc([N+](=O)[O-])c21. The predicted molar refractivity (Wildman–Crippen MR) is 81.0 cm³/mol. The standard InChI is InChI=1S/C15H6ClN3O4/c16-7-4-5-10-17-12-8-2-1-3-9(19(22)23)11(8)14(20)15(21)13(12)18(10)6-7/h1-6H. The lowest BCUT2D eigenvalue weighted by molar-refractivity contribution is -0.385. The number of halogens is 1. The molecule has 7 nitrogen and oxygen atoms in total. The number of ketones is 2. The first-order valence-corrected chi connectivity index (χ1v) is 6.91. The molecule has 0 N–H and O–H groups in total. The van der Waals surface area contributed by atoms with Crippen molar-refractivity contribution >= 4 is 34.5 Å². The number of fused-ring (bicyclic) bond motifs is 5. The lowest BCUT2D eigenvalue weighted by Gasteiger charge is -2.13. The van der Waals surface area contributed by atoms with Gasteiger partial charge in [-0.1, -0.05) is 23.7 Å². The van der Waals surface area contributed by atoms with Gasteiger partial charge in [-0.3, -0.25) is 24.1 Å². The summed E-state index contributed by atoms with van der Waals surface area (Å²) in [5, 5.41) is 11.5. The van der Waals surface area contributed by atoms with E-state index in [9.17, 15) is 19.7 Å². The Hall–Kier alpha value is -3.06. The first kappa shape index (κ1) is 13.6. The molecule has 23 heavy (non-hydrogen) atoms. The van der Waals surface area contributed by atoms with Crippen molar-refractivity contribution in [2.45, 2.75) is 0 Å². The number of benzene rings is 1. The summed E-state index contributed by atoms with van der Waals surface area (Å²) in [5.74, 6) is -1.75. The zero-order valence-corrected chi connectivity index (χ0v) is 12.1. The summed E-state index contributed by atoms with van der Waals surface area (Å²) in [6, 6.07) is 7.41. The minimum absolute atomic E-state index is 0.0699. The lowest BCUT2D eigenvalue weighted by atomic mass is 9.89. The van der Waals surface area contributed by atoms with E-state index in [2.05, 4.69) is 4.98 Å². The fourth-order valence-corrected chi connectivity index (χ4v) is 2.93. The van der Waals surface area contributed by atoms with Crippen LogP contribution < -0.4 is 0 Å². The zero-order valence-electron chi connectivity index (χ0n) is 11.3. The van der Waals surface area contributed by atoms with Crippen LogP contribution in [-0.2, 0) is 0 Å². The first-order chi connectivity index (χ1) is 11.0. The highest BCUT2D eigenvalue weighted by Gasteiger charge is 2.39. The molecule has 0 amide bonds. The van der Waals surface area contributed by atoms with Gasteiger partial charge in [-0.05, 0) is 12.1 Å². The van der Waals surface area contributed by atoms with Crippen molar-refractivity contribution in [2.75, 3.05) is 0 Å².